The number of fused-ring (bicyclic) bond motifs is 1. The third-order valence-electron chi connectivity index (χ3n) is 4.49. The Kier molecular flexibility index (Phi) is 4.19. The molecule has 0 radical (unpaired) electrons. The number of hydrogen-bond donors (Lipinski definition) is 2. The van der Waals surface area contributed by atoms with Gasteiger partial charge in [-0.25, -0.2) is 4.98 Å². The van der Waals surface area contributed by atoms with E-state index >= 15 is 0 Å². The van der Waals surface area contributed by atoms with Gasteiger partial charge in [0.05, 0.1) is 12.0 Å². The van der Waals surface area contributed by atoms with Gasteiger partial charge in [-0.05, 0) is 44.9 Å². The van der Waals surface area contributed by atoms with Gasteiger partial charge in [0, 0.05) is 24.6 Å². The molecule has 1 aromatic heterocycles. The first-order valence-corrected chi connectivity index (χ1v) is 7.79. The Hall–Kier alpha value is -1.58. The number of carbonyl (C=O) groups excluding carboxylic acids is 1. The normalized spacial score (nSPS) is 22.0. The second-order valence-corrected chi connectivity index (χ2v) is 5.92. The maximum atomic E-state index is 12.2. The van der Waals surface area contributed by atoms with E-state index in [2.05, 4.69) is 21.4 Å². The van der Waals surface area contributed by atoms with Crippen LogP contribution < -0.4 is 5.32 Å². The van der Waals surface area contributed by atoms with Crippen LogP contribution in [0.5, 0.6) is 0 Å². The molecule has 1 amide bonds. The third kappa shape index (κ3) is 3.11. The van der Waals surface area contributed by atoms with Gasteiger partial charge < -0.3 is 10.3 Å². The van der Waals surface area contributed by atoms with E-state index in [1.54, 1.807) is 6.33 Å². The van der Waals surface area contributed by atoms with E-state index in [4.69, 9.17) is 0 Å². The number of nitrogens with one attached hydrogen (secondary N) is 2. The van der Waals surface area contributed by atoms with E-state index in [0.29, 0.717) is 0 Å². The predicted octanol–water partition coefficient (Wildman–Crippen LogP) is 2.52. The Balaban J connectivity index is 1.44. The molecule has 2 aliphatic rings. The maximum Gasteiger partial charge on any atom is 0.223 e. The number of nitrogens with zero attached hydrogens (tertiary/aromatic N) is 1. The number of H-pyrrole nitrogens is 1. The summed E-state index contributed by atoms with van der Waals surface area (Å²) in [4.78, 5) is 19.6. The van der Waals surface area contributed by atoms with Crippen LogP contribution in [0.3, 0.4) is 0 Å². The number of aryl methyl sites for hydroxylation is 1. The molecule has 0 aromatic carbocycles. The Morgan fingerprint density at radius 2 is 2.35 bits per heavy atom. The number of carbonyl (C=O) groups is 1. The van der Waals surface area contributed by atoms with E-state index in [1.807, 2.05) is 0 Å². The second-order valence-electron chi connectivity index (χ2n) is 5.92. The van der Waals surface area contributed by atoms with Gasteiger partial charge >= 0.3 is 0 Å². The number of aromatic nitrogens is 2. The van der Waals surface area contributed by atoms with Crippen LogP contribution in [0.4, 0.5) is 0 Å². The zero-order valence-corrected chi connectivity index (χ0v) is 12.0. The highest BCUT2D eigenvalue weighted by Crippen LogP contribution is 2.23. The first-order valence-electron chi connectivity index (χ1n) is 7.79. The molecule has 1 atom stereocenters. The number of hydrogen-bond acceptors (Lipinski definition) is 2. The molecule has 0 unspecified atom stereocenters. The predicted molar refractivity (Wildman–Crippen MR) is 78.3 cm³/mol. The van der Waals surface area contributed by atoms with Gasteiger partial charge in [0.25, 0.3) is 0 Å². The molecule has 0 fully saturated rings. The number of allylic oxidation sites excluding steroid dienone is 1. The molecule has 20 heavy (non-hydrogen) atoms. The smallest absolute Gasteiger partial charge is 0.223 e. The van der Waals surface area contributed by atoms with Crippen LogP contribution >= 0.6 is 0 Å². The summed E-state index contributed by atoms with van der Waals surface area (Å²) in [6.45, 7) is 0.789. The minimum atomic E-state index is 0.114. The van der Waals surface area contributed by atoms with Crippen LogP contribution in [0.2, 0.25) is 0 Å². The Bertz CT molecular complexity index is 504. The first-order chi connectivity index (χ1) is 9.83. The van der Waals surface area contributed by atoms with Gasteiger partial charge in [0.2, 0.25) is 5.91 Å². The highest BCUT2D eigenvalue weighted by atomic mass is 16.1. The molecular formula is C16H23N3O. The van der Waals surface area contributed by atoms with Gasteiger partial charge in [0.1, 0.15) is 0 Å². The summed E-state index contributed by atoms with van der Waals surface area (Å²) in [7, 11) is 0. The highest BCUT2D eigenvalue weighted by molar-refractivity contribution is 5.79. The van der Waals surface area contributed by atoms with Gasteiger partial charge in [0.15, 0.2) is 0 Å². The van der Waals surface area contributed by atoms with Crippen molar-refractivity contribution in [1.29, 1.82) is 0 Å². The standard InChI is InChI=1S/C16H23N3O/c20-16(17-9-8-12-4-2-1-3-5-12)13-6-7-14-15(10-13)19-11-18-14/h4,11,13H,1-3,5-10H2,(H,17,20)(H,18,19)/t13-/m1/s1. The van der Waals surface area contributed by atoms with Crippen molar-refractivity contribution in [3.8, 4) is 0 Å². The van der Waals surface area contributed by atoms with Crippen molar-refractivity contribution in [2.45, 2.75) is 51.4 Å². The fourth-order valence-corrected chi connectivity index (χ4v) is 3.25. The SMILES string of the molecule is O=C(NCCC1=CCCCC1)[C@@H]1CCc2nc[nH]c2C1. The number of amides is 1. The highest BCUT2D eigenvalue weighted by Gasteiger charge is 2.25. The summed E-state index contributed by atoms with van der Waals surface area (Å²) in [5.74, 6) is 0.324. The van der Waals surface area contributed by atoms with Gasteiger partial charge in [-0.3, -0.25) is 4.79 Å². The van der Waals surface area contributed by atoms with E-state index in [0.717, 1.165) is 43.6 Å². The lowest BCUT2D eigenvalue weighted by molar-refractivity contribution is -0.125. The van der Waals surface area contributed by atoms with E-state index < -0.39 is 0 Å². The topological polar surface area (TPSA) is 57.8 Å². The molecule has 0 bridgehead atoms. The summed E-state index contributed by atoms with van der Waals surface area (Å²) in [6, 6.07) is 0. The zero-order valence-electron chi connectivity index (χ0n) is 12.0. The van der Waals surface area contributed by atoms with Crippen LogP contribution in [0.1, 0.15) is 49.9 Å². The molecule has 4 heteroatoms. The van der Waals surface area contributed by atoms with Crippen LogP contribution in [0, 0.1) is 5.92 Å². The van der Waals surface area contributed by atoms with Crippen molar-refractivity contribution in [2.24, 2.45) is 5.92 Å². The summed E-state index contributed by atoms with van der Waals surface area (Å²) >= 11 is 0. The van der Waals surface area contributed by atoms with Crippen molar-refractivity contribution >= 4 is 5.91 Å². The van der Waals surface area contributed by atoms with Gasteiger partial charge in [-0.15, -0.1) is 0 Å². The first kappa shape index (κ1) is 13.4. The van der Waals surface area contributed by atoms with Gasteiger partial charge in [-0.2, -0.15) is 0 Å². The average Bonchev–Trinajstić information content (AvgIpc) is 2.95. The zero-order chi connectivity index (χ0) is 13.8. The molecule has 1 aromatic rings. The molecule has 0 aliphatic heterocycles. The molecule has 0 saturated carbocycles. The Labute approximate surface area is 120 Å². The average molecular weight is 273 g/mol. The van der Waals surface area contributed by atoms with Crippen LogP contribution in [0.15, 0.2) is 18.0 Å². The van der Waals surface area contributed by atoms with Crippen LogP contribution in [-0.4, -0.2) is 22.4 Å². The minimum absolute atomic E-state index is 0.114. The molecular weight excluding hydrogens is 250 g/mol. The Morgan fingerprint density at radius 1 is 1.40 bits per heavy atom. The number of aromatic amines is 1. The van der Waals surface area contributed by atoms with E-state index in [1.165, 1.54) is 31.3 Å². The molecule has 0 spiro atoms. The van der Waals surface area contributed by atoms with Gasteiger partial charge in [-0.1, -0.05) is 11.6 Å². The monoisotopic (exact) mass is 273 g/mol. The molecule has 0 saturated heterocycles. The third-order valence-corrected chi connectivity index (χ3v) is 4.49. The second kappa shape index (κ2) is 6.25. The number of rotatable bonds is 4. The molecule has 1 heterocycles. The lowest BCUT2D eigenvalue weighted by atomic mass is 9.89. The molecule has 2 aliphatic carbocycles. The van der Waals surface area contributed by atoms with Crippen molar-refractivity contribution in [1.82, 2.24) is 15.3 Å². The number of imidazole rings is 1. The van der Waals surface area contributed by atoms with E-state index in [9.17, 15) is 4.79 Å². The van der Waals surface area contributed by atoms with Crippen LogP contribution in [0.25, 0.3) is 0 Å². The fraction of sp³-hybridized carbons (Fsp3) is 0.625. The van der Waals surface area contributed by atoms with Crippen molar-refractivity contribution in [2.75, 3.05) is 6.54 Å². The quantitative estimate of drug-likeness (QED) is 0.828. The summed E-state index contributed by atoms with van der Waals surface area (Å²) in [6.07, 6.45) is 12.8. The van der Waals surface area contributed by atoms with E-state index in [-0.39, 0.29) is 11.8 Å². The summed E-state index contributed by atoms with van der Waals surface area (Å²) in [5.41, 5.74) is 3.81. The molecule has 2 N–H and O–H groups in total. The minimum Gasteiger partial charge on any atom is -0.356 e. The van der Waals surface area contributed by atoms with Crippen molar-refractivity contribution in [3.63, 3.8) is 0 Å². The molecule has 3 rings (SSSR count). The summed E-state index contributed by atoms with van der Waals surface area (Å²) < 4.78 is 0. The van der Waals surface area contributed by atoms with Crippen molar-refractivity contribution < 1.29 is 4.79 Å². The van der Waals surface area contributed by atoms with Crippen LogP contribution in [-0.2, 0) is 17.6 Å². The lowest BCUT2D eigenvalue weighted by Gasteiger charge is -2.21. The van der Waals surface area contributed by atoms with Crippen molar-refractivity contribution in [3.05, 3.63) is 29.4 Å². The maximum absolute atomic E-state index is 12.2. The lowest BCUT2D eigenvalue weighted by Crippen LogP contribution is -2.34. The fourth-order valence-electron chi connectivity index (χ4n) is 3.25. The molecule has 108 valence electrons. The summed E-state index contributed by atoms with van der Waals surface area (Å²) in [5, 5.41) is 3.11. The Morgan fingerprint density at radius 3 is 3.20 bits per heavy atom. The molecule has 4 nitrogen and oxygen atoms in total. The largest absolute Gasteiger partial charge is 0.356 e.